The predicted molar refractivity (Wildman–Crippen MR) is 86.0 cm³/mol. The number of aromatic amines is 1. The van der Waals surface area contributed by atoms with Crippen LogP contribution in [0.4, 0.5) is 0 Å². The van der Waals surface area contributed by atoms with Crippen molar-refractivity contribution in [2.45, 2.75) is 20.3 Å². The molecular formula is C18H20N2. The Hall–Kier alpha value is -2.06. The summed E-state index contributed by atoms with van der Waals surface area (Å²) in [4.78, 5) is 3.56. The molecule has 3 aromatic rings. The Labute approximate surface area is 119 Å². The van der Waals surface area contributed by atoms with Crippen LogP contribution in [0.2, 0.25) is 0 Å². The van der Waals surface area contributed by atoms with Gasteiger partial charge in [0.15, 0.2) is 0 Å². The third-order valence-electron chi connectivity index (χ3n) is 3.80. The molecule has 3 rings (SSSR count). The summed E-state index contributed by atoms with van der Waals surface area (Å²) in [6.07, 6.45) is 0.895. The Balaban J connectivity index is 2.23. The van der Waals surface area contributed by atoms with Gasteiger partial charge >= 0.3 is 0 Å². The number of H-pyrrole nitrogens is 1. The average molecular weight is 264 g/mol. The zero-order valence-electron chi connectivity index (χ0n) is 12.0. The van der Waals surface area contributed by atoms with Crippen molar-refractivity contribution in [3.8, 4) is 11.3 Å². The van der Waals surface area contributed by atoms with Gasteiger partial charge in [0, 0.05) is 16.6 Å². The van der Waals surface area contributed by atoms with Crippen LogP contribution in [0.5, 0.6) is 0 Å². The Morgan fingerprint density at radius 3 is 2.35 bits per heavy atom. The van der Waals surface area contributed by atoms with Crippen molar-refractivity contribution in [2.24, 2.45) is 5.73 Å². The lowest BCUT2D eigenvalue weighted by atomic mass is 10.0. The summed E-state index contributed by atoms with van der Waals surface area (Å²) in [5, 5.41) is 1.30. The highest BCUT2D eigenvalue weighted by Crippen LogP contribution is 2.31. The molecule has 0 saturated carbocycles. The fourth-order valence-electron chi connectivity index (χ4n) is 2.73. The van der Waals surface area contributed by atoms with E-state index in [-0.39, 0.29) is 0 Å². The molecule has 102 valence electrons. The molecule has 0 fully saturated rings. The lowest BCUT2D eigenvalue weighted by molar-refractivity contribution is 0.978. The van der Waals surface area contributed by atoms with Crippen molar-refractivity contribution in [3.63, 3.8) is 0 Å². The van der Waals surface area contributed by atoms with E-state index < -0.39 is 0 Å². The maximum atomic E-state index is 5.81. The van der Waals surface area contributed by atoms with Crippen LogP contribution in [0.1, 0.15) is 16.7 Å². The molecule has 3 N–H and O–H groups in total. The summed E-state index contributed by atoms with van der Waals surface area (Å²) >= 11 is 0. The van der Waals surface area contributed by atoms with E-state index in [1.807, 2.05) is 0 Å². The van der Waals surface area contributed by atoms with Crippen LogP contribution < -0.4 is 5.73 Å². The Kier molecular flexibility index (Phi) is 3.33. The van der Waals surface area contributed by atoms with E-state index in [2.05, 4.69) is 61.3 Å². The minimum atomic E-state index is 0.666. The second-order valence-electron chi connectivity index (χ2n) is 5.43. The highest BCUT2D eigenvalue weighted by molar-refractivity contribution is 5.91. The van der Waals surface area contributed by atoms with Gasteiger partial charge in [0.25, 0.3) is 0 Å². The van der Waals surface area contributed by atoms with Crippen LogP contribution in [-0.2, 0) is 6.42 Å². The Bertz CT molecular complexity index is 736. The summed E-state index contributed by atoms with van der Waals surface area (Å²) in [5.74, 6) is 0. The Morgan fingerprint density at radius 1 is 0.950 bits per heavy atom. The van der Waals surface area contributed by atoms with Gasteiger partial charge < -0.3 is 10.7 Å². The normalized spacial score (nSPS) is 11.2. The van der Waals surface area contributed by atoms with E-state index >= 15 is 0 Å². The first-order chi connectivity index (χ1) is 9.69. The molecule has 0 saturated heterocycles. The van der Waals surface area contributed by atoms with Gasteiger partial charge in [0.1, 0.15) is 0 Å². The largest absolute Gasteiger partial charge is 0.354 e. The molecule has 2 heteroatoms. The minimum Gasteiger partial charge on any atom is -0.354 e. The lowest BCUT2D eigenvalue weighted by Crippen LogP contribution is -2.03. The smallest absolute Gasteiger partial charge is 0.0497 e. The number of rotatable bonds is 3. The zero-order valence-corrected chi connectivity index (χ0v) is 12.0. The molecule has 0 aliphatic rings. The van der Waals surface area contributed by atoms with E-state index in [1.54, 1.807) is 0 Å². The molecule has 2 nitrogen and oxygen atoms in total. The number of aryl methyl sites for hydroxylation is 2. The predicted octanol–water partition coefficient (Wildman–Crippen LogP) is 3.95. The van der Waals surface area contributed by atoms with Crippen LogP contribution in [0, 0.1) is 13.8 Å². The topological polar surface area (TPSA) is 41.8 Å². The third-order valence-corrected chi connectivity index (χ3v) is 3.80. The summed E-state index contributed by atoms with van der Waals surface area (Å²) < 4.78 is 0. The molecule has 0 aliphatic carbocycles. The molecule has 2 aromatic carbocycles. The van der Waals surface area contributed by atoms with Gasteiger partial charge in [-0.3, -0.25) is 0 Å². The van der Waals surface area contributed by atoms with Gasteiger partial charge in [0.05, 0.1) is 0 Å². The van der Waals surface area contributed by atoms with Crippen LogP contribution >= 0.6 is 0 Å². The number of nitrogens with one attached hydrogen (secondary N) is 1. The van der Waals surface area contributed by atoms with E-state index in [0.29, 0.717) is 6.54 Å². The third kappa shape index (κ3) is 2.23. The molecule has 0 radical (unpaired) electrons. The minimum absolute atomic E-state index is 0.666. The van der Waals surface area contributed by atoms with Gasteiger partial charge in [0.2, 0.25) is 0 Å². The molecule has 0 bridgehead atoms. The summed E-state index contributed by atoms with van der Waals surface area (Å²) in [6, 6.07) is 15.2. The van der Waals surface area contributed by atoms with Crippen molar-refractivity contribution in [1.29, 1.82) is 0 Å². The molecule has 20 heavy (non-hydrogen) atoms. The quantitative estimate of drug-likeness (QED) is 0.739. The summed E-state index contributed by atoms with van der Waals surface area (Å²) in [7, 11) is 0. The van der Waals surface area contributed by atoms with Gasteiger partial charge in [-0.25, -0.2) is 0 Å². The van der Waals surface area contributed by atoms with Crippen LogP contribution in [0.25, 0.3) is 22.2 Å². The summed E-state index contributed by atoms with van der Waals surface area (Å²) in [5.41, 5.74) is 13.3. The molecular weight excluding hydrogens is 244 g/mol. The highest BCUT2D eigenvalue weighted by Gasteiger charge is 2.12. The number of aromatic nitrogens is 1. The first-order valence-electron chi connectivity index (χ1n) is 7.07. The molecule has 0 amide bonds. The van der Waals surface area contributed by atoms with Gasteiger partial charge in [-0.1, -0.05) is 41.5 Å². The van der Waals surface area contributed by atoms with Crippen LogP contribution in [0.15, 0.2) is 42.5 Å². The molecule has 0 spiro atoms. The number of hydrogen-bond acceptors (Lipinski definition) is 1. The molecule has 1 heterocycles. The first-order valence-corrected chi connectivity index (χ1v) is 7.07. The number of benzene rings is 2. The SMILES string of the molecule is Cc1ccc(-c2[nH]c3ccc(C)cc3c2CCN)cc1. The second kappa shape index (κ2) is 5.14. The van der Waals surface area contributed by atoms with Gasteiger partial charge in [-0.05, 0) is 50.1 Å². The van der Waals surface area contributed by atoms with E-state index in [1.165, 1.54) is 38.9 Å². The number of hydrogen-bond donors (Lipinski definition) is 2. The van der Waals surface area contributed by atoms with Crippen LogP contribution in [-0.4, -0.2) is 11.5 Å². The number of nitrogens with two attached hydrogens (primary N) is 1. The van der Waals surface area contributed by atoms with E-state index in [9.17, 15) is 0 Å². The van der Waals surface area contributed by atoms with Gasteiger partial charge in [-0.2, -0.15) is 0 Å². The van der Waals surface area contributed by atoms with Crippen molar-refractivity contribution in [2.75, 3.05) is 6.54 Å². The molecule has 0 atom stereocenters. The molecule has 0 unspecified atom stereocenters. The maximum Gasteiger partial charge on any atom is 0.0497 e. The fourth-order valence-corrected chi connectivity index (χ4v) is 2.73. The van der Waals surface area contributed by atoms with Crippen molar-refractivity contribution >= 4 is 10.9 Å². The standard InChI is InChI=1S/C18H20N2/c1-12-3-6-14(7-4-12)18-15(9-10-19)16-11-13(2)5-8-17(16)20-18/h3-8,11,20H,9-10,19H2,1-2H3. The van der Waals surface area contributed by atoms with E-state index in [0.717, 1.165) is 6.42 Å². The highest BCUT2D eigenvalue weighted by atomic mass is 14.7. The van der Waals surface area contributed by atoms with Crippen molar-refractivity contribution in [3.05, 3.63) is 59.2 Å². The Morgan fingerprint density at radius 2 is 1.65 bits per heavy atom. The average Bonchev–Trinajstić information content (AvgIpc) is 2.79. The number of fused-ring (bicyclic) bond motifs is 1. The van der Waals surface area contributed by atoms with Crippen molar-refractivity contribution in [1.82, 2.24) is 4.98 Å². The summed E-state index contributed by atoms with van der Waals surface area (Å²) in [6.45, 7) is 4.91. The first kappa shape index (κ1) is 12.9. The van der Waals surface area contributed by atoms with Gasteiger partial charge in [-0.15, -0.1) is 0 Å². The maximum absolute atomic E-state index is 5.81. The van der Waals surface area contributed by atoms with E-state index in [4.69, 9.17) is 5.73 Å². The van der Waals surface area contributed by atoms with Crippen molar-refractivity contribution < 1.29 is 0 Å². The molecule has 0 aliphatic heterocycles. The van der Waals surface area contributed by atoms with Crippen LogP contribution in [0.3, 0.4) is 0 Å². The second-order valence-corrected chi connectivity index (χ2v) is 5.43. The fraction of sp³-hybridized carbons (Fsp3) is 0.222. The molecule has 1 aromatic heterocycles. The lowest BCUT2D eigenvalue weighted by Gasteiger charge is -2.04. The zero-order chi connectivity index (χ0) is 14.1. The monoisotopic (exact) mass is 264 g/mol.